The zero-order valence-electron chi connectivity index (χ0n) is 20.4. The van der Waals surface area contributed by atoms with Crippen molar-refractivity contribution in [3.63, 3.8) is 0 Å². The number of aryl methyl sites for hydroxylation is 2. The number of carbonyl (C=O) groups excluding carboxylic acids is 2. The topological polar surface area (TPSA) is 111 Å². The lowest BCUT2D eigenvalue weighted by Gasteiger charge is -2.15. The van der Waals surface area contributed by atoms with Gasteiger partial charge in [-0.15, -0.1) is 0 Å². The van der Waals surface area contributed by atoms with Crippen molar-refractivity contribution >= 4 is 22.9 Å². The molecule has 1 aromatic heterocycles. The highest BCUT2D eigenvalue weighted by atomic mass is 16.5. The lowest BCUT2D eigenvalue weighted by atomic mass is 10.0. The molecule has 0 aliphatic heterocycles. The van der Waals surface area contributed by atoms with Gasteiger partial charge < -0.3 is 28.1 Å². The predicted molar refractivity (Wildman–Crippen MR) is 128 cm³/mol. The van der Waals surface area contributed by atoms with Crippen molar-refractivity contribution in [2.75, 3.05) is 27.9 Å². The number of ether oxygens (including phenoxy) is 5. The lowest BCUT2D eigenvalue weighted by molar-refractivity contribution is -0.143. The fourth-order valence-electron chi connectivity index (χ4n) is 3.56. The van der Waals surface area contributed by atoms with Crippen molar-refractivity contribution in [3.05, 3.63) is 57.4 Å². The van der Waals surface area contributed by atoms with Crippen molar-refractivity contribution in [1.29, 1.82) is 0 Å². The van der Waals surface area contributed by atoms with Crippen LogP contribution < -0.4 is 24.6 Å². The molecule has 3 rings (SSSR count). The summed E-state index contributed by atoms with van der Waals surface area (Å²) in [5.74, 6) is 0.0170. The molecule has 35 heavy (non-hydrogen) atoms. The van der Waals surface area contributed by atoms with Crippen LogP contribution >= 0.6 is 0 Å². The molecule has 1 heterocycles. The molecule has 9 nitrogen and oxygen atoms in total. The molecule has 0 saturated heterocycles. The summed E-state index contributed by atoms with van der Waals surface area (Å²) >= 11 is 0. The van der Waals surface area contributed by atoms with Gasteiger partial charge in [0.25, 0.3) is 0 Å². The van der Waals surface area contributed by atoms with Gasteiger partial charge in [-0.05, 0) is 49.1 Å². The van der Waals surface area contributed by atoms with E-state index < -0.39 is 11.6 Å². The maximum atomic E-state index is 13.1. The van der Waals surface area contributed by atoms with Crippen molar-refractivity contribution in [2.24, 2.45) is 0 Å². The van der Waals surface area contributed by atoms with Crippen LogP contribution in [-0.4, -0.2) is 39.9 Å². The van der Waals surface area contributed by atoms with Gasteiger partial charge in [0, 0.05) is 23.9 Å². The second kappa shape index (κ2) is 11.4. The average Bonchev–Trinajstić information content (AvgIpc) is 2.85. The number of rotatable bonds is 10. The third-order valence-electron chi connectivity index (χ3n) is 5.30. The third-order valence-corrected chi connectivity index (χ3v) is 5.30. The van der Waals surface area contributed by atoms with Crippen LogP contribution in [0.15, 0.2) is 39.5 Å². The maximum Gasteiger partial charge on any atom is 0.343 e. The molecule has 0 fully saturated rings. The maximum absolute atomic E-state index is 13.1. The van der Waals surface area contributed by atoms with Crippen molar-refractivity contribution in [3.8, 4) is 23.0 Å². The Balaban J connectivity index is 2.00. The van der Waals surface area contributed by atoms with E-state index >= 15 is 0 Å². The molecule has 0 aliphatic carbocycles. The number of benzene rings is 2. The molecule has 2 aromatic carbocycles. The second-order valence-electron chi connectivity index (χ2n) is 7.73. The first kappa shape index (κ1) is 25.6. The molecule has 186 valence electrons. The van der Waals surface area contributed by atoms with E-state index in [-0.39, 0.29) is 47.2 Å². The van der Waals surface area contributed by atoms with Crippen molar-refractivity contribution in [1.82, 2.24) is 0 Å². The first-order chi connectivity index (χ1) is 16.8. The summed E-state index contributed by atoms with van der Waals surface area (Å²) in [5, 5.41) is 0.675. The summed E-state index contributed by atoms with van der Waals surface area (Å²) in [6.07, 6.45) is 1.07. The largest absolute Gasteiger partial charge is 0.493 e. The number of esters is 2. The van der Waals surface area contributed by atoms with Crippen LogP contribution in [0.4, 0.5) is 0 Å². The summed E-state index contributed by atoms with van der Waals surface area (Å²) in [5.41, 5.74) is 1.18. The minimum Gasteiger partial charge on any atom is -0.493 e. The zero-order chi connectivity index (χ0) is 25.5. The summed E-state index contributed by atoms with van der Waals surface area (Å²) in [6.45, 7) is 4.03. The third kappa shape index (κ3) is 5.92. The molecule has 0 amide bonds. The van der Waals surface area contributed by atoms with Gasteiger partial charge in [-0.1, -0.05) is 6.92 Å². The van der Waals surface area contributed by atoms with E-state index in [1.807, 2.05) is 6.92 Å². The first-order valence-corrected chi connectivity index (χ1v) is 11.1. The van der Waals surface area contributed by atoms with E-state index in [1.165, 1.54) is 45.6 Å². The normalized spacial score (nSPS) is 10.7. The van der Waals surface area contributed by atoms with Crippen LogP contribution in [0.2, 0.25) is 0 Å². The monoisotopic (exact) mass is 484 g/mol. The van der Waals surface area contributed by atoms with Gasteiger partial charge in [-0.25, -0.2) is 9.59 Å². The Hall–Kier alpha value is -4.01. The summed E-state index contributed by atoms with van der Waals surface area (Å²) in [6, 6.07) is 7.54. The van der Waals surface area contributed by atoms with Crippen LogP contribution in [0.1, 0.15) is 41.3 Å². The molecule has 0 aliphatic rings. The standard InChI is InChI=1S/C26H28O9/c1-6-9-33-23(27)8-7-16-11-18-15(2)10-24(28)34-20(18)14-19(16)35-26(29)17-12-21(30-3)25(32-5)22(13-17)31-4/h10-14H,6-9H2,1-5H3. The van der Waals surface area contributed by atoms with E-state index in [9.17, 15) is 14.4 Å². The first-order valence-electron chi connectivity index (χ1n) is 11.1. The smallest absolute Gasteiger partial charge is 0.343 e. The number of fused-ring (bicyclic) bond motifs is 1. The summed E-state index contributed by atoms with van der Waals surface area (Å²) in [4.78, 5) is 37.1. The van der Waals surface area contributed by atoms with Crippen LogP contribution in [-0.2, 0) is 16.0 Å². The molecule has 3 aromatic rings. The molecule has 0 bridgehead atoms. The SMILES string of the molecule is CCCOC(=O)CCc1cc2c(C)cc(=O)oc2cc1OC(=O)c1cc(OC)c(OC)c(OC)c1. The predicted octanol–water partition coefficient (Wildman–Crippen LogP) is 4.23. The highest BCUT2D eigenvalue weighted by Crippen LogP contribution is 2.38. The van der Waals surface area contributed by atoms with Gasteiger partial charge in [0.2, 0.25) is 5.75 Å². The van der Waals surface area contributed by atoms with E-state index in [0.717, 1.165) is 6.42 Å². The van der Waals surface area contributed by atoms with Crippen LogP contribution in [0.3, 0.4) is 0 Å². The minimum atomic E-state index is -0.701. The number of hydrogen-bond acceptors (Lipinski definition) is 9. The quantitative estimate of drug-likeness (QED) is 0.237. The van der Waals surface area contributed by atoms with Gasteiger partial charge in [0.15, 0.2) is 11.5 Å². The Kier molecular flexibility index (Phi) is 8.35. The van der Waals surface area contributed by atoms with Crippen LogP contribution in [0.5, 0.6) is 23.0 Å². The van der Waals surface area contributed by atoms with Gasteiger partial charge in [-0.2, -0.15) is 0 Å². The summed E-state index contributed by atoms with van der Waals surface area (Å²) < 4.78 is 32.1. The van der Waals surface area contributed by atoms with E-state index in [2.05, 4.69) is 0 Å². The Bertz CT molecular complexity index is 1260. The molecule has 0 radical (unpaired) electrons. The zero-order valence-corrected chi connectivity index (χ0v) is 20.4. The second-order valence-corrected chi connectivity index (χ2v) is 7.73. The molecular weight excluding hydrogens is 456 g/mol. The van der Waals surface area contributed by atoms with E-state index in [4.69, 9.17) is 28.1 Å². The Morgan fingerprint density at radius 3 is 2.20 bits per heavy atom. The molecular formula is C26H28O9. The number of carbonyl (C=O) groups is 2. The fraction of sp³-hybridized carbons (Fsp3) is 0.346. The molecule has 0 unspecified atom stereocenters. The fourth-order valence-corrected chi connectivity index (χ4v) is 3.56. The van der Waals surface area contributed by atoms with E-state index in [0.29, 0.717) is 28.9 Å². The molecule has 0 spiro atoms. The van der Waals surface area contributed by atoms with Crippen LogP contribution in [0, 0.1) is 6.92 Å². The minimum absolute atomic E-state index is 0.0933. The van der Waals surface area contributed by atoms with Gasteiger partial charge in [0.1, 0.15) is 11.3 Å². The Morgan fingerprint density at radius 2 is 1.60 bits per heavy atom. The van der Waals surface area contributed by atoms with Crippen molar-refractivity contribution in [2.45, 2.75) is 33.1 Å². The molecule has 0 atom stereocenters. The van der Waals surface area contributed by atoms with Crippen LogP contribution in [0.25, 0.3) is 11.0 Å². The highest BCUT2D eigenvalue weighted by molar-refractivity contribution is 5.94. The van der Waals surface area contributed by atoms with E-state index in [1.54, 1.807) is 13.0 Å². The lowest BCUT2D eigenvalue weighted by Crippen LogP contribution is -2.12. The summed E-state index contributed by atoms with van der Waals surface area (Å²) in [7, 11) is 4.34. The molecule has 9 heteroatoms. The number of methoxy groups -OCH3 is 3. The van der Waals surface area contributed by atoms with Gasteiger partial charge in [-0.3, -0.25) is 4.79 Å². The Morgan fingerprint density at radius 1 is 0.914 bits per heavy atom. The van der Waals surface area contributed by atoms with Crippen molar-refractivity contribution < 1.29 is 37.7 Å². The average molecular weight is 485 g/mol. The molecule has 0 N–H and O–H groups in total. The van der Waals surface area contributed by atoms with Gasteiger partial charge >= 0.3 is 17.6 Å². The molecule has 0 saturated carbocycles. The Labute approximate surface area is 202 Å². The van der Waals surface area contributed by atoms with Gasteiger partial charge in [0.05, 0.1) is 33.5 Å². The number of hydrogen-bond donors (Lipinski definition) is 0. The highest BCUT2D eigenvalue weighted by Gasteiger charge is 2.21.